The van der Waals surface area contributed by atoms with Crippen molar-refractivity contribution < 1.29 is 9.47 Å². The standard InChI is InChI=1S/C17H26O2/c1-2-6-15-9-11-17(12-10-15)19-14-13-18-16-7-4-3-5-8-16/h9-12,16H,2-8,13-14H2,1H3. The van der Waals surface area contributed by atoms with Crippen molar-refractivity contribution in [2.45, 2.75) is 58.0 Å². The first-order valence-electron chi connectivity index (χ1n) is 7.72. The summed E-state index contributed by atoms with van der Waals surface area (Å²) in [6.07, 6.45) is 9.29. The summed E-state index contributed by atoms with van der Waals surface area (Å²) in [6.45, 7) is 3.57. The van der Waals surface area contributed by atoms with Crippen LogP contribution in [0, 0.1) is 0 Å². The van der Waals surface area contributed by atoms with E-state index < -0.39 is 0 Å². The van der Waals surface area contributed by atoms with Crippen LogP contribution in [0.15, 0.2) is 24.3 Å². The molecule has 1 aromatic rings. The van der Waals surface area contributed by atoms with Gasteiger partial charge >= 0.3 is 0 Å². The molecule has 1 aliphatic rings. The van der Waals surface area contributed by atoms with Gasteiger partial charge in [0, 0.05) is 0 Å². The van der Waals surface area contributed by atoms with Crippen LogP contribution in [0.25, 0.3) is 0 Å². The molecule has 0 unspecified atom stereocenters. The van der Waals surface area contributed by atoms with Gasteiger partial charge < -0.3 is 9.47 Å². The first kappa shape index (κ1) is 14.4. The lowest BCUT2D eigenvalue weighted by Gasteiger charge is -2.21. The number of rotatable bonds is 7. The van der Waals surface area contributed by atoms with E-state index in [2.05, 4.69) is 31.2 Å². The molecule has 0 atom stereocenters. The Morgan fingerprint density at radius 3 is 2.42 bits per heavy atom. The molecule has 0 spiro atoms. The minimum absolute atomic E-state index is 0.476. The molecule has 2 heteroatoms. The second-order valence-electron chi connectivity index (χ2n) is 5.37. The lowest BCUT2D eigenvalue weighted by Crippen LogP contribution is -2.19. The van der Waals surface area contributed by atoms with Crippen molar-refractivity contribution >= 4 is 0 Å². The van der Waals surface area contributed by atoms with Crippen LogP contribution in [0.2, 0.25) is 0 Å². The van der Waals surface area contributed by atoms with Crippen LogP contribution in [-0.4, -0.2) is 19.3 Å². The van der Waals surface area contributed by atoms with Crippen LogP contribution < -0.4 is 4.74 Å². The summed E-state index contributed by atoms with van der Waals surface area (Å²) in [7, 11) is 0. The Morgan fingerprint density at radius 1 is 1.00 bits per heavy atom. The highest BCUT2D eigenvalue weighted by Crippen LogP contribution is 2.20. The topological polar surface area (TPSA) is 18.5 Å². The third-order valence-electron chi connectivity index (χ3n) is 3.72. The van der Waals surface area contributed by atoms with Gasteiger partial charge in [-0.15, -0.1) is 0 Å². The maximum Gasteiger partial charge on any atom is 0.119 e. The monoisotopic (exact) mass is 262 g/mol. The highest BCUT2D eigenvalue weighted by Gasteiger charge is 2.13. The van der Waals surface area contributed by atoms with Crippen molar-refractivity contribution in [1.29, 1.82) is 0 Å². The molecule has 0 aliphatic heterocycles. The minimum atomic E-state index is 0.476. The molecule has 0 saturated heterocycles. The average molecular weight is 262 g/mol. The molecule has 2 nitrogen and oxygen atoms in total. The van der Waals surface area contributed by atoms with E-state index in [1.54, 1.807) is 0 Å². The number of benzene rings is 1. The molecule has 1 fully saturated rings. The highest BCUT2D eigenvalue weighted by molar-refractivity contribution is 5.27. The van der Waals surface area contributed by atoms with Gasteiger partial charge in [0.05, 0.1) is 12.7 Å². The number of hydrogen-bond acceptors (Lipinski definition) is 2. The Hall–Kier alpha value is -1.02. The van der Waals surface area contributed by atoms with Crippen molar-refractivity contribution in [3.05, 3.63) is 29.8 Å². The molecule has 0 heterocycles. The molecule has 19 heavy (non-hydrogen) atoms. The number of ether oxygens (including phenoxy) is 2. The molecule has 106 valence electrons. The molecule has 0 aromatic heterocycles. The van der Waals surface area contributed by atoms with E-state index in [0.29, 0.717) is 19.3 Å². The normalized spacial score (nSPS) is 16.5. The maximum absolute atomic E-state index is 5.84. The lowest BCUT2D eigenvalue weighted by molar-refractivity contribution is 0.0129. The van der Waals surface area contributed by atoms with Gasteiger partial charge in [-0.2, -0.15) is 0 Å². The predicted molar refractivity (Wildman–Crippen MR) is 78.8 cm³/mol. The Bertz CT molecular complexity index is 339. The van der Waals surface area contributed by atoms with Gasteiger partial charge in [0.15, 0.2) is 0 Å². The second-order valence-corrected chi connectivity index (χ2v) is 5.37. The van der Waals surface area contributed by atoms with E-state index in [1.165, 1.54) is 44.1 Å². The summed E-state index contributed by atoms with van der Waals surface area (Å²) < 4.78 is 11.5. The van der Waals surface area contributed by atoms with Crippen LogP contribution in [-0.2, 0) is 11.2 Å². The van der Waals surface area contributed by atoms with E-state index in [4.69, 9.17) is 9.47 Å². The fraction of sp³-hybridized carbons (Fsp3) is 0.647. The summed E-state index contributed by atoms with van der Waals surface area (Å²) in [6, 6.07) is 8.43. The predicted octanol–water partition coefficient (Wildman–Crippen LogP) is 4.37. The van der Waals surface area contributed by atoms with Crippen molar-refractivity contribution in [1.82, 2.24) is 0 Å². The third kappa shape index (κ3) is 5.23. The van der Waals surface area contributed by atoms with Crippen LogP contribution in [0.4, 0.5) is 0 Å². The van der Waals surface area contributed by atoms with Crippen LogP contribution in [0.3, 0.4) is 0 Å². The molecule has 1 aromatic carbocycles. The van der Waals surface area contributed by atoms with Crippen LogP contribution in [0.1, 0.15) is 51.0 Å². The summed E-state index contributed by atoms with van der Waals surface area (Å²) in [5, 5.41) is 0. The zero-order valence-corrected chi connectivity index (χ0v) is 12.1. The van der Waals surface area contributed by atoms with E-state index >= 15 is 0 Å². The van der Waals surface area contributed by atoms with E-state index in [1.807, 2.05) is 0 Å². The van der Waals surface area contributed by atoms with Gasteiger partial charge in [0.1, 0.15) is 12.4 Å². The first-order chi connectivity index (χ1) is 9.38. The molecule has 1 aliphatic carbocycles. The highest BCUT2D eigenvalue weighted by atomic mass is 16.5. The third-order valence-corrected chi connectivity index (χ3v) is 3.72. The summed E-state index contributed by atoms with van der Waals surface area (Å²) in [5.41, 5.74) is 1.38. The molecular formula is C17H26O2. The molecule has 1 saturated carbocycles. The summed E-state index contributed by atoms with van der Waals surface area (Å²) in [5.74, 6) is 0.951. The minimum Gasteiger partial charge on any atom is -0.491 e. The summed E-state index contributed by atoms with van der Waals surface area (Å²) in [4.78, 5) is 0. The lowest BCUT2D eigenvalue weighted by atomic mass is 9.98. The smallest absolute Gasteiger partial charge is 0.119 e. The Morgan fingerprint density at radius 2 is 1.74 bits per heavy atom. The van der Waals surface area contributed by atoms with Gasteiger partial charge in [-0.3, -0.25) is 0 Å². The van der Waals surface area contributed by atoms with Gasteiger partial charge in [-0.1, -0.05) is 44.7 Å². The number of hydrogen-bond donors (Lipinski definition) is 0. The molecule has 0 bridgehead atoms. The Labute approximate surface area is 117 Å². The van der Waals surface area contributed by atoms with Crippen molar-refractivity contribution in [2.24, 2.45) is 0 Å². The summed E-state index contributed by atoms with van der Waals surface area (Å²) >= 11 is 0. The fourth-order valence-electron chi connectivity index (χ4n) is 2.65. The molecular weight excluding hydrogens is 236 g/mol. The van der Waals surface area contributed by atoms with E-state index in [0.717, 1.165) is 12.2 Å². The van der Waals surface area contributed by atoms with E-state index in [-0.39, 0.29) is 0 Å². The number of aryl methyl sites for hydroxylation is 1. The second kappa shape index (κ2) is 8.21. The van der Waals surface area contributed by atoms with Gasteiger partial charge in [0.25, 0.3) is 0 Å². The Kier molecular flexibility index (Phi) is 6.22. The Balaban J connectivity index is 1.62. The molecule has 0 radical (unpaired) electrons. The van der Waals surface area contributed by atoms with Crippen molar-refractivity contribution in [3.63, 3.8) is 0 Å². The maximum atomic E-state index is 5.84. The average Bonchev–Trinajstić information content (AvgIpc) is 2.47. The van der Waals surface area contributed by atoms with E-state index in [9.17, 15) is 0 Å². The van der Waals surface area contributed by atoms with Crippen LogP contribution in [0.5, 0.6) is 5.75 Å². The SMILES string of the molecule is CCCc1ccc(OCCOC2CCCCC2)cc1. The first-order valence-corrected chi connectivity index (χ1v) is 7.72. The molecule has 2 rings (SSSR count). The largest absolute Gasteiger partial charge is 0.491 e. The van der Waals surface area contributed by atoms with Crippen molar-refractivity contribution in [2.75, 3.05) is 13.2 Å². The fourth-order valence-corrected chi connectivity index (χ4v) is 2.65. The molecule has 0 N–H and O–H groups in total. The van der Waals surface area contributed by atoms with Crippen LogP contribution >= 0.6 is 0 Å². The zero-order chi connectivity index (χ0) is 13.3. The zero-order valence-electron chi connectivity index (χ0n) is 12.1. The van der Waals surface area contributed by atoms with Gasteiger partial charge in [-0.05, 0) is 37.0 Å². The van der Waals surface area contributed by atoms with Gasteiger partial charge in [-0.25, -0.2) is 0 Å². The van der Waals surface area contributed by atoms with Crippen molar-refractivity contribution in [3.8, 4) is 5.75 Å². The molecule has 0 amide bonds. The quantitative estimate of drug-likeness (QED) is 0.679. The van der Waals surface area contributed by atoms with Gasteiger partial charge in [0.2, 0.25) is 0 Å².